The molecule has 0 aliphatic carbocycles. The first-order chi connectivity index (χ1) is 12.1. The van der Waals surface area contributed by atoms with Crippen molar-refractivity contribution in [1.82, 2.24) is 19.7 Å². The fourth-order valence-electron chi connectivity index (χ4n) is 2.93. The van der Waals surface area contributed by atoms with Crippen molar-refractivity contribution in [3.8, 4) is 22.5 Å². The summed E-state index contributed by atoms with van der Waals surface area (Å²) in [5, 5.41) is 4.74. The Bertz CT molecular complexity index is 904. The summed E-state index contributed by atoms with van der Waals surface area (Å²) >= 11 is 0. The molecule has 3 heterocycles. The SMILES string of the molecule is CN(C)c1nccc(-c2c(-c3ccc(F)cc3)nn3c2COCC3)n1. The Kier molecular flexibility index (Phi) is 3.93. The van der Waals surface area contributed by atoms with Crippen LogP contribution in [0.25, 0.3) is 22.5 Å². The van der Waals surface area contributed by atoms with Gasteiger partial charge in [0, 0.05) is 25.9 Å². The van der Waals surface area contributed by atoms with Crippen LogP contribution in [0.3, 0.4) is 0 Å². The minimum atomic E-state index is -0.269. The van der Waals surface area contributed by atoms with Gasteiger partial charge < -0.3 is 9.64 Å². The quantitative estimate of drug-likeness (QED) is 0.734. The van der Waals surface area contributed by atoms with Gasteiger partial charge in [0.25, 0.3) is 0 Å². The highest BCUT2D eigenvalue weighted by Crippen LogP contribution is 2.35. The molecule has 0 atom stereocenters. The molecule has 4 rings (SSSR count). The monoisotopic (exact) mass is 339 g/mol. The van der Waals surface area contributed by atoms with Crippen LogP contribution in [0.1, 0.15) is 5.69 Å². The van der Waals surface area contributed by atoms with E-state index < -0.39 is 0 Å². The maximum absolute atomic E-state index is 13.3. The minimum absolute atomic E-state index is 0.269. The molecule has 0 amide bonds. The van der Waals surface area contributed by atoms with Gasteiger partial charge in [-0.1, -0.05) is 0 Å². The average molecular weight is 339 g/mol. The van der Waals surface area contributed by atoms with E-state index in [2.05, 4.69) is 9.97 Å². The number of halogens is 1. The van der Waals surface area contributed by atoms with Crippen molar-refractivity contribution in [3.63, 3.8) is 0 Å². The number of nitrogens with zero attached hydrogens (tertiary/aromatic N) is 5. The van der Waals surface area contributed by atoms with Gasteiger partial charge in [-0.15, -0.1) is 0 Å². The number of ether oxygens (including phenoxy) is 1. The van der Waals surface area contributed by atoms with Crippen LogP contribution in [0.15, 0.2) is 36.5 Å². The molecule has 0 saturated carbocycles. The van der Waals surface area contributed by atoms with Crippen LogP contribution in [0.5, 0.6) is 0 Å². The summed E-state index contributed by atoms with van der Waals surface area (Å²) < 4.78 is 20.9. The molecule has 2 aromatic heterocycles. The molecule has 0 bridgehead atoms. The van der Waals surface area contributed by atoms with E-state index in [9.17, 15) is 4.39 Å². The summed E-state index contributed by atoms with van der Waals surface area (Å²) in [6.07, 6.45) is 1.74. The maximum atomic E-state index is 13.3. The summed E-state index contributed by atoms with van der Waals surface area (Å²) in [5.41, 5.74) is 4.31. The van der Waals surface area contributed by atoms with Crippen molar-refractivity contribution in [2.45, 2.75) is 13.2 Å². The minimum Gasteiger partial charge on any atom is -0.373 e. The molecule has 1 aliphatic heterocycles. The summed E-state index contributed by atoms with van der Waals surface area (Å²) in [7, 11) is 3.80. The van der Waals surface area contributed by atoms with Gasteiger partial charge in [0.1, 0.15) is 11.5 Å². The number of anilines is 1. The highest BCUT2D eigenvalue weighted by atomic mass is 19.1. The molecule has 0 N–H and O–H groups in total. The van der Waals surface area contributed by atoms with Crippen LogP contribution < -0.4 is 4.90 Å². The molecule has 0 saturated heterocycles. The number of aromatic nitrogens is 4. The summed E-state index contributed by atoms with van der Waals surface area (Å²) in [6, 6.07) is 8.23. The van der Waals surface area contributed by atoms with Gasteiger partial charge in [-0.3, -0.25) is 4.68 Å². The Balaban J connectivity index is 1.92. The Morgan fingerprint density at radius 1 is 1.16 bits per heavy atom. The fraction of sp³-hybridized carbons (Fsp3) is 0.278. The van der Waals surface area contributed by atoms with Gasteiger partial charge in [0.15, 0.2) is 0 Å². The van der Waals surface area contributed by atoms with Gasteiger partial charge in [-0.25, -0.2) is 14.4 Å². The summed E-state index contributed by atoms with van der Waals surface area (Å²) in [4.78, 5) is 10.8. The van der Waals surface area contributed by atoms with E-state index in [1.165, 1.54) is 12.1 Å². The maximum Gasteiger partial charge on any atom is 0.225 e. The third-order valence-electron chi connectivity index (χ3n) is 4.16. The van der Waals surface area contributed by atoms with E-state index in [-0.39, 0.29) is 5.82 Å². The fourth-order valence-corrected chi connectivity index (χ4v) is 2.93. The molecule has 128 valence electrons. The van der Waals surface area contributed by atoms with Crippen LogP contribution in [0.4, 0.5) is 10.3 Å². The lowest BCUT2D eigenvalue weighted by Crippen LogP contribution is -2.17. The number of rotatable bonds is 3. The highest BCUT2D eigenvalue weighted by molar-refractivity contribution is 5.81. The smallest absolute Gasteiger partial charge is 0.225 e. The largest absolute Gasteiger partial charge is 0.373 e. The summed E-state index contributed by atoms with van der Waals surface area (Å²) in [6.45, 7) is 1.80. The Hall–Kier alpha value is -2.80. The zero-order valence-corrected chi connectivity index (χ0v) is 14.1. The molecule has 3 aromatic rings. The Labute approximate surface area is 144 Å². The van der Waals surface area contributed by atoms with Crippen molar-refractivity contribution < 1.29 is 9.13 Å². The van der Waals surface area contributed by atoms with E-state index in [1.54, 1.807) is 18.3 Å². The zero-order chi connectivity index (χ0) is 17.4. The first-order valence-electron chi connectivity index (χ1n) is 8.07. The van der Waals surface area contributed by atoms with Gasteiger partial charge in [0.2, 0.25) is 5.95 Å². The number of hydrogen-bond donors (Lipinski definition) is 0. The molecule has 6 nitrogen and oxygen atoms in total. The molecular weight excluding hydrogens is 321 g/mol. The number of fused-ring (bicyclic) bond motifs is 1. The summed E-state index contributed by atoms with van der Waals surface area (Å²) in [5.74, 6) is 0.355. The van der Waals surface area contributed by atoms with Crippen molar-refractivity contribution in [2.75, 3.05) is 25.6 Å². The second-order valence-corrected chi connectivity index (χ2v) is 6.09. The van der Waals surface area contributed by atoms with E-state index in [4.69, 9.17) is 9.84 Å². The molecular formula is C18H18FN5O. The van der Waals surface area contributed by atoms with Crippen molar-refractivity contribution in [3.05, 3.63) is 48.0 Å². The van der Waals surface area contributed by atoms with Crippen LogP contribution in [-0.2, 0) is 17.9 Å². The molecule has 0 unspecified atom stereocenters. The number of hydrogen-bond acceptors (Lipinski definition) is 5. The first kappa shape index (κ1) is 15.7. The third-order valence-corrected chi connectivity index (χ3v) is 4.16. The van der Waals surface area contributed by atoms with E-state index in [1.807, 2.05) is 29.7 Å². The number of benzene rings is 1. The lowest BCUT2D eigenvalue weighted by molar-refractivity contribution is 0.0804. The third kappa shape index (κ3) is 2.87. The van der Waals surface area contributed by atoms with Gasteiger partial charge in [-0.05, 0) is 30.3 Å². The predicted molar refractivity (Wildman–Crippen MR) is 92.6 cm³/mol. The van der Waals surface area contributed by atoms with E-state index >= 15 is 0 Å². The first-order valence-corrected chi connectivity index (χ1v) is 8.07. The molecule has 1 aromatic carbocycles. The van der Waals surface area contributed by atoms with Crippen LogP contribution in [0, 0.1) is 5.82 Å². The lowest BCUT2D eigenvalue weighted by atomic mass is 10.0. The molecule has 1 aliphatic rings. The predicted octanol–water partition coefficient (Wildman–Crippen LogP) is 2.74. The topological polar surface area (TPSA) is 56.1 Å². The van der Waals surface area contributed by atoms with Gasteiger partial charge >= 0.3 is 0 Å². The van der Waals surface area contributed by atoms with Gasteiger partial charge in [-0.2, -0.15) is 5.10 Å². The zero-order valence-electron chi connectivity index (χ0n) is 14.1. The van der Waals surface area contributed by atoms with Crippen LogP contribution in [0.2, 0.25) is 0 Å². The normalized spacial score (nSPS) is 13.6. The van der Waals surface area contributed by atoms with Crippen LogP contribution >= 0.6 is 0 Å². The van der Waals surface area contributed by atoms with Crippen LogP contribution in [-0.4, -0.2) is 40.5 Å². The highest BCUT2D eigenvalue weighted by Gasteiger charge is 2.24. The van der Waals surface area contributed by atoms with Crippen molar-refractivity contribution >= 4 is 5.95 Å². The van der Waals surface area contributed by atoms with Crippen molar-refractivity contribution in [2.24, 2.45) is 0 Å². The average Bonchev–Trinajstić information content (AvgIpc) is 3.02. The standard InChI is InChI=1S/C18H18FN5O/c1-23(2)18-20-8-7-14(21-18)16-15-11-25-10-9-24(15)22-17(16)12-3-5-13(19)6-4-12/h3-8H,9-11H2,1-2H3. The van der Waals surface area contributed by atoms with E-state index in [0.29, 0.717) is 25.7 Å². The molecule has 0 fully saturated rings. The Morgan fingerprint density at radius 3 is 2.72 bits per heavy atom. The molecule has 7 heteroatoms. The Morgan fingerprint density at radius 2 is 1.96 bits per heavy atom. The second kappa shape index (κ2) is 6.25. The second-order valence-electron chi connectivity index (χ2n) is 6.09. The van der Waals surface area contributed by atoms with E-state index in [0.717, 1.165) is 28.2 Å². The molecule has 0 radical (unpaired) electrons. The van der Waals surface area contributed by atoms with Crippen molar-refractivity contribution in [1.29, 1.82) is 0 Å². The van der Waals surface area contributed by atoms with Gasteiger partial charge in [0.05, 0.1) is 36.7 Å². The molecule has 25 heavy (non-hydrogen) atoms. The lowest BCUT2D eigenvalue weighted by Gasteiger charge is -2.16. The molecule has 0 spiro atoms.